The minimum absolute atomic E-state index is 0.122. The highest BCUT2D eigenvalue weighted by molar-refractivity contribution is 5.97. The summed E-state index contributed by atoms with van der Waals surface area (Å²) in [7, 11) is 4.97. The van der Waals surface area contributed by atoms with Gasteiger partial charge in [-0.3, -0.25) is 14.8 Å². The first-order valence-corrected chi connectivity index (χ1v) is 10.0. The molecule has 0 aliphatic heterocycles. The lowest BCUT2D eigenvalue weighted by molar-refractivity contribution is -0.157. The van der Waals surface area contributed by atoms with Crippen molar-refractivity contribution in [2.24, 2.45) is 0 Å². The van der Waals surface area contributed by atoms with Crippen molar-refractivity contribution in [2.45, 2.75) is 31.5 Å². The van der Waals surface area contributed by atoms with Crippen LogP contribution in [0.4, 0.5) is 8.78 Å². The summed E-state index contributed by atoms with van der Waals surface area (Å²) >= 11 is 0. The number of hydroxylamine groups is 1. The average molecular weight is 459 g/mol. The number of alkyl halides is 2. The number of hydrogen-bond donors (Lipinski definition) is 3. The number of carbonyl (C=O) groups excluding carboxylic acids is 2. The van der Waals surface area contributed by atoms with E-state index < -0.39 is 29.9 Å². The molecule has 0 radical (unpaired) electrons. The fourth-order valence-corrected chi connectivity index (χ4v) is 2.99. The second kappa shape index (κ2) is 11.5. The van der Waals surface area contributed by atoms with Crippen molar-refractivity contribution < 1.29 is 28.3 Å². The lowest BCUT2D eigenvalue weighted by Gasteiger charge is -2.34. The van der Waals surface area contributed by atoms with E-state index in [4.69, 9.17) is 9.94 Å². The molecule has 2 aromatic rings. The second-order valence-corrected chi connectivity index (χ2v) is 7.83. The van der Waals surface area contributed by atoms with Gasteiger partial charge in [-0.2, -0.15) is 0 Å². The Morgan fingerprint density at radius 3 is 2.00 bits per heavy atom. The van der Waals surface area contributed by atoms with Crippen LogP contribution in [0.15, 0.2) is 48.5 Å². The molecule has 0 aliphatic carbocycles. The van der Waals surface area contributed by atoms with Crippen LogP contribution in [0.3, 0.4) is 0 Å². The van der Waals surface area contributed by atoms with E-state index in [1.54, 1.807) is 12.1 Å². The highest BCUT2D eigenvalue weighted by Gasteiger charge is 2.48. The van der Waals surface area contributed by atoms with Gasteiger partial charge in [-0.15, -0.1) is 0 Å². The Balaban J connectivity index is 2.13. The first-order chi connectivity index (χ1) is 15.6. The Bertz CT molecular complexity index is 1010. The Labute approximate surface area is 191 Å². The summed E-state index contributed by atoms with van der Waals surface area (Å²) in [4.78, 5) is 26.5. The molecule has 0 heterocycles. The number of halogens is 2. The molecule has 176 valence electrons. The number of nitrogens with zero attached hydrogens (tertiary/aromatic N) is 1. The average Bonchev–Trinajstić information content (AvgIpc) is 2.80. The van der Waals surface area contributed by atoms with Gasteiger partial charge in [-0.1, -0.05) is 24.0 Å². The molecule has 33 heavy (non-hydrogen) atoms. The summed E-state index contributed by atoms with van der Waals surface area (Å²) in [6.07, 6.45) is -3.11. The van der Waals surface area contributed by atoms with Gasteiger partial charge in [0.1, 0.15) is 6.04 Å². The summed E-state index contributed by atoms with van der Waals surface area (Å²) in [5.74, 6) is 4.02. The molecule has 3 N–H and O–H groups in total. The highest BCUT2D eigenvalue weighted by atomic mass is 19.3. The van der Waals surface area contributed by atoms with E-state index in [2.05, 4.69) is 22.1 Å². The van der Waals surface area contributed by atoms with E-state index in [0.29, 0.717) is 5.56 Å². The summed E-state index contributed by atoms with van der Waals surface area (Å²) in [5, 5.41) is 11.1. The van der Waals surface area contributed by atoms with Crippen LogP contribution in [0.1, 0.15) is 34.0 Å². The van der Waals surface area contributed by atoms with Crippen molar-refractivity contribution in [2.75, 3.05) is 21.2 Å². The molecule has 9 heteroatoms. The third-order valence-electron chi connectivity index (χ3n) is 5.05. The van der Waals surface area contributed by atoms with Gasteiger partial charge >= 0.3 is 0 Å². The molecule has 1 unspecified atom stereocenters. The number of carbonyl (C=O) groups is 2. The molecule has 0 saturated carbocycles. The molecular formula is C24H27F2N3O4. The zero-order valence-electron chi connectivity index (χ0n) is 18.9. The lowest BCUT2D eigenvalue weighted by Crippen LogP contribution is -2.62. The predicted octanol–water partition coefficient (Wildman–Crippen LogP) is 2.42. The topological polar surface area (TPSA) is 90.9 Å². The standard InChI is InChI=1S/C24H27F2N3O4/c1-24(33-4,23(25)26)20(22(31)28-32)27-21(30)19-13-11-17(12-14-19)6-5-16-7-9-18(10-8-16)15-29(2)3/h7-14,20,23,32H,15H2,1-4H3,(H,27,30)(H,28,31)/t20-,24?/m1/s1. The van der Waals surface area contributed by atoms with Gasteiger partial charge in [0.05, 0.1) is 0 Å². The minimum atomic E-state index is -3.11. The molecule has 0 aliphatic rings. The Kier molecular flexibility index (Phi) is 9.05. The van der Waals surface area contributed by atoms with Gasteiger partial charge in [-0.05, 0) is 63.0 Å². The van der Waals surface area contributed by atoms with Crippen LogP contribution < -0.4 is 10.8 Å². The third-order valence-corrected chi connectivity index (χ3v) is 5.05. The third kappa shape index (κ3) is 6.83. The summed E-state index contributed by atoms with van der Waals surface area (Å²) < 4.78 is 31.8. The first kappa shape index (κ1) is 25.9. The number of nitrogens with one attached hydrogen (secondary N) is 2. The summed E-state index contributed by atoms with van der Waals surface area (Å²) in [5.41, 5.74) is 1.70. The number of methoxy groups -OCH3 is 1. The maximum atomic E-state index is 13.5. The monoisotopic (exact) mass is 459 g/mol. The molecule has 2 atom stereocenters. The van der Waals surface area contributed by atoms with Crippen LogP contribution in [0, 0.1) is 11.8 Å². The van der Waals surface area contributed by atoms with Crippen LogP contribution in [-0.4, -0.2) is 61.2 Å². The molecule has 2 aromatic carbocycles. The molecule has 0 aromatic heterocycles. The van der Waals surface area contributed by atoms with Gasteiger partial charge in [0.2, 0.25) is 0 Å². The SMILES string of the molecule is COC(C)(C(F)F)[C@H](NC(=O)c1ccc(C#Cc2ccc(CN(C)C)cc2)cc1)C(=O)NO. The maximum Gasteiger partial charge on any atom is 0.269 e. The van der Waals surface area contributed by atoms with E-state index in [-0.39, 0.29) is 5.56 Å². The fourth-order valence-electron chi connectivity index (χ4n) is 2.99. The molecule has 2 rings (SSSR count). The molecule has 0 spiro atoms. The molecule has 0 fully saturated rings. The van der Waals surface area contributed by atoms with Crippen molar-refractivity contribution in [3.63, 3.8) is 0 Å². The maximum absolute atomic E-state index is 13.5. The van der Waals surface area contributed by atoms with E-state index in [1.165, 1.54) is 23.2 Å². The van der Waals surface area contributed by atoms with Gasteiger partial charge < -0.3 is 15.0 Å². The zero-order chi connectivity index (χ0) is 24.6. The zero-order valence-corrected chi connectivity index (χ0v) is 18.9. The van der Waals surface area contributed by atoms with E-state index in [0.717, 1.165) is 26.1 Å². The summed E-state index contributed by atoms with van der Waals surface area (Å²) in [6, 6.07) is 12.1. The van der Waals surface area contributed by atoms with Crippen molar-refractivity contribution in [3.8, 4) is 11.8 Å². The number of amides is 2. The van der Waals surface area contributed by atoms with Crippen LogP contribution in [-0.2, 0) is 16.1 Å². The van der Waals surface area contributed by atoms with Crippen molar-refractivity contribution in [3.05, 3.63) is 70.8 Å². The van der Waals surface area contributed by atoms with Gasteiger partial charge in [0, 0.05) is 30.3 Å². The normalized spacial score (nSPS) is 13.6. The van der Waals surface area contributed by atoms with E-state index in [9.17, 15) is 18.4 Å². The van der Waals surface area contributed by atoms with Crippen molar-refractivity contribution in [1.82, 2.24) is 15.7 Å². The Hall–Kier alpha value is -3.32. The van der Waals surface area contributed by atoms with Crippen LogP contribution >= 0.6 is 0 Å². The predicted molar refractivity (Wildman–Crippen MR) is 119 cm³/mol. The molecular weight excluding hydrogens is 432 g/mol. The number of rotatable bonds is 8. The number of ether oxygens (including phenoxy) is 1. The Morgan fingerprint density at radius 1 is 1.06 bits per heavy atom. The van der Waals surface area contributed by atoms with Crippen LogP contribution in [0.2, 0.25) is 0 Å². The number of hydrogen-bond acceptors (Lipinski definition) is 5. The fraction of sp³-hybridized carbons (Fsp3) is 0.333. The van der Waals surface area contributed by atoms with Crippen molar-refractivity contribution >= 4 is 11.8 Å². The highest BCUT2D eigenvalue weighted by Crippen LogP contribution is 2.24. The smallest absolute Gasteiger partial charge is 0.269 e. The molecule has 7 nitrogen and oxygen atoms in total. The van der Waals surface area contributed by atoms with E-state index >= 15 is 0 Å². The second-order valence-electron chi connectivity index (χ2n) is 7.83. The lowest BCUT2D eigenvalue weighted by atomic mass is 9.95. The molecule has 0 bridgehead atoms. The quantitative estimate of drug-likeness (QED) is 0.321. The van der Waals surface area contributed by atoms with E-state index in [1.807, 2.05) is 38.4 Å². The molecule has 0 saturated heterocycles. The first-order valence-electron chi connectivity index (χ1n) is 10.0. The van der Waals surface area contributed by atoms with Gasteiger partial charge in [-0.25, -0.2) is 14.3 Å². The summed E-state index contributed by atoms with van der Waals surface area (Å²) in [6.45, 7) is 1.79. The van der Waals surface area contributed by atoms with Gasteiger partial charge in [0.25, 0.3) is 18.2 Å². The number of benzene rings is 2. The van der Waals surface area contributed by atoms with Crippen molar-refractivity contribution in [1.29, 1.82) is 0 Å². The van der Waals surface area contributed by atoms with Crippen LogP contribution in [0.5, 0.6) is 0 Å². The minimum Gasteiger partial charge on any atom is -0.370 e. The van der Waals surface area contributed by atoms with Crippen LogP contribution in [0.25, 0.3) is 0 Å². The Morgan fingerprint density at radius 2 is 1.58 bits per heavy atom. The molecule has 2 amide bonds. The largest absolute Gasteiger partial charge is 0.370 e. The van der Waals surface area contributed by atoms with Gasteiger partial charge in [0.15, 0.2) is 5.60 Å².